The van der Waals surface area contributed by atoms with Crippen LogP contribution in [0.1, 0.15) is 19.3 Å². The Kier molecular flexibility index (Phi) is 6.21. The molecule has 2 fully saturated rings. The molecule has 2 saturated heterocycles. The van der Waals surface area contributed by atoms with Crippen molar-refractivity contribution in [3.05, 3.63) is 63.6 Å². The highest BCUT2D eigenvalue weighted by Crippen LogP contribution is 2.44. The molecule has 6 nitrogen and oxygen atoms in total. The summed E-state index contributed by atoms with van der Waals surface area (Å²) in [6.45, 7) is 5.37. The summed E-state index contributed by atoms with van der Waals surface area (Å²) >= 11 is 12.5. The van der Waals surface area contributed by atoms with E-state index in [1.807, 2.05) is 24.3 Å². The zero-order valence-electron chi connectivity index (χ0n) is 17.8. The average Bonchev–Trinajstić information content (AvgIpc) is 3.24. The topological polar surface area (TPSA) is 51.2 Å². The van der Waals surface area contributed by atoms with E-state index in [0.29, 0.717) is 34.4 Å². The Balaban J connectivity index is 1.13. The van der Waals surface area contributed by atoms with Crippen LogP contribution in [0, 0.1) is 0 Å². The van der Waals surface area contributed by atoms with Crippen molar-refractivity contribution in [2.24, 2.45) is 0 Å². The first kappa shape index (κ1) is 21.8. The fourth-order valence-electron chi connectivity index (χ4n) is 4.81. The fourth-order valence-corrected chi connectivity index (χ4v) is 5.22. The van der Waals surface area contributed by atoms with E-state index < -0.39 is 5.60 Å². The van der Waals surface area contributed by atoms with Gasteiger partial charge in [0.2, 0.25) is 5.60 Å². The van der Waals surface area contributed by atoms with Gasteiger partial charge in [0.25, 0.3) is 0 Å². The van der Waals surface area contributed by atoms with Gasteiger partial charge in [-0.1, -0.05) is 29.3 Å². The molecule has 1 spiro atoms. The number of rotatable bonds is 6. The molecule has 0 aromatic heterocycles. The summed E-state index contributed by atoms with van der Waals surface area (Å²) in [5.74, 6) is 1.36. The Bertz CT molecular complexity index is 998. The minimum absolute atomic E-state index is 0.00869. The van der Waals surface area contributed by atoms with E-state index in [-0.39, 0.29) is 12.6 Å². The van der Waals surface area contributed by atoms with Gasteiger partial charge in [0.15, 0.2) is 12.6 Å². The minimum atomic E-state index is -0.834. The molecule has 1 atom stereocenters. The van der Waals surface area contributed by atoms with Crippen molar-refractivity contribution in [3.8, 4) is 0 Å². The average molecular weight is 477 g/mol. The molecule has 0 bridgehead atoms. The zero-order chi connectivity index (χ0) is 22.1. The van der Waals surface area contributed by atoms with Gasteiger partial charge < -0.3 is 19.1 Å². The molecule has 1 unspecified atom stereocenters. The van der Waals surface area contributed by atoms with Gasteiger partial charge in [-0.15, -0.1) is 0 Å². The maximum atomic E-state index is 12.6. The Morgan fingerprint density at radius 3 is 2.75 bits per heavy atom. The second-order valence-corrected chi connectivity index (χ2v) is 9.17. The summed E-state index contributed by atoms with van der Waals surface area (Å²) in [5, 5.41) is 1.22. The number of anilines is 1. The molecule has 4 aliphatic rings. The molecule has 1 aromatic rings. The van der Waals surface area contributed by atoms with Crippen LogP contribution in [-0.4, -0.2) is 62.4 Å². The van der Waals surface area contributed by atoms with Crippen molar-refractivity contribution in [2.75, 3.05) is 51.0 Å². The van der Waals surface area contributed by atoms with Crippen LogP contribution in [0.25, 0.3) is 0 Å². The number of halogens is 2. The number of ether oxygens (including phenoxy) is 3. The van der Waals surface area contributed by atoms with Crippen LogP contribution in [0.5, 0.6) is 0 Å². The first-order valence-electron chi connectivity index (χ1n) is 11.1. The molecule has 3 aliphatic heterocycles. The van der Waals surface area contributed by atoms with Crippen molar-refractivity contribution in [1.29, 1.82) is 0 Å². The quantitative estimate of drug-likeness (QED) is 0.569. The smallest absolute Gasteiger partial charge is 0.204 e. The molecule has 0 amide bonds. The highest BCUT2D eigenvalue weighted by molar-refractivity contribution is 6.43. The number of piperazine rings is 1. The van der Waals surface area contributed by atoms with E-state index in [4.69, 9.17) is 37.4 Å². The summed E-state index contributed by atoms with van der Waals surface area (Å²) in [6, 6.07) is 5.78. The van der Waals surface area contributed by atoms with Gasteiger partial charge >= 0.3 is 0 Å². The molecule has 32 heavy (non-hydrogen) atoms. The molecule has 170 valence electrons. The van der Waals surface area contributed by atoms with Crippen LogP contribution in [0.2, 0.25) is 10.0 Å². The number of hydrogen-bond donors (Lipinski definition) is 0. The van der Waals surface area contributed by atoms with E-state index in [0.717, 1.165) is 57.0 Å². The van der Waals surface area contributed by atoms with Gasteiger partial charge in [-0.25, -0.2) is 0 Å². The van der Waals surface area contributed by atoms with E-state index in [9.17, 15) is 4.79 Å². The molecule has 5 rings (SSSR count). The number of hydrogen-bond acceptors (Lipinski definition) is 6. The van der Waals surface area contributed by atoms with Gasteiger partial charge in [-0.3, -0.25) is 9.69 Å². The highest BCUT2D eigenvalue weighted by Gasteiger charge is 2.50. The summed E-state index contributed by atoms with van der Waals surface area (Å²) in [4.78, 5) is 17.3. The molecular weight excluding hydrogens is 451 g/mol. The molecule has 1 aliphatic carbocycles. The van der Waals surface area contributed by atoms with E-state index in [2.05, 4.69) is 9.80 Å². The number of unbranched alkanes of at least 4 members (excludes halogenated alkanes) is 1. The Morgan fingerprint density at radius 1 is 1.06 bits per heavy atom. The lowest BCUT2D eigenvalue weighted by molar-refractivity contribution is -0.112. The van der Waals surface area contributed by atoms with Gasteiger partial charge in [-0.2, -0.15) is 0 Å². The van der Waals surface area contributed by atoms with Crippen molar-refractivity contribution in [1.82, 2.24) is 4.90 Å². The maximum absolute atomic E-state index is 12.6. The summed E-state index contributed by atoms with van der Waals surface area (Å²) in [7, 11) is 0. The summed E-state index contributed by atoms with van der Waals surface area (Å²) < 4.78 is 17.3. The number of allylic oxidation sites excluding steroid dienone is 2. The number of ketones is 1. The fraction of sp³-hybridized carbons (Fsp3) is 0.458. The third kappa shape index (κ3) is 3.94. The number of benzene rings is 1. The molecule has 3 heterocycles. The molecule has 0 radical (unpaired) electrons. The zero-order valence-corrected chi connectivity index (χ0v) is 19.3. The number of nitrogens with zero attached hydrogens (tertiary/aromatic N) is 2. The van der Waals surface area contributed by atoms with E-state index in [1.54, 1.807) is 12.2 Å². The standard InChI is InChI=1S/C24H26Cl2N2O4/c25-18-5-3-6-19(22(18)26)28-13-11-27(12-14-28)10-2-1-4-17-20(29)7-9-24-21(31-16-32-24)8-15-30-23(17)24/h3,5-9H,1-2,4,10-16H2. The van der Waals surface area contributed by atoms with E-state index >= 15 is 0 Å². The number of carbonyl (C=O) groups is 1. The molecule has 8 heteroatoms. The lowest BCUT2D eigenvalue weighted by atomic mass is 9.85. The lowest BCUT2D eigenvalue weighted by Gasteiger charge is -2.36. The van der Waals surface area contributed by atoms with Crippen molar-refractivity contribution in [2.45, 2.75) is 24.9 Å². The predicted molar refractivity (Wildman–Crippen MR) is 124 cm³/mol. The van der Waals surface area contributed by atoms with Crippen LogP contribution in [-0.2, 0) is 19.0 Å². The van der Waals surface area contributed by atoms with Gasteiger partial charge in [0.1, 0.15) is 18.1 Å². The third-order valence-electron chi connectivity index (χ3n) is 6.54. The first-order chi connectivity index (χ1) is 15.6. The predicted octanol–water partition coefficient (Wildman–Crippen LogP) is 4.34. The van der Waals surface area contributed by atoms with Crippen LogP contribution < -0.4 is 4.90 Å². The molecule has 0 N–H and O–H groups in total. The lowest BCUT2D eigenvalue weighted by Crippen LogP contribution is -2.46. The normalized spacial score (nSPS) is 25.2. The van der Waals surface area contributed by atoms with Gasteiger partial charge in [0.05, 0.1) is 15.7 Å². The second kappa shape index (κ2) is 9.10. The molecule has 0 saturated carbocycles. The summed E-state index contributed by atoms with van der Waals surface area (Å²) in [6.07, 6.45) is 7.84. The van der Waals surface area contributed by atoms with Crippen molar-refractivity contribution < 1.29 is 19.0 Å². The summed E-state index contributed by atoms with van der Waals surface area (Å²) in [5.41, 5.74) is 0.882. The Hall–Kier alpha value is -1.99. The van der Waals surface area contributed by atoms with Crippen molar-refractivity contribution >= 4 is 34.7 Å². The largest absolute Gasteiger partial charge is 0.489 e. The Labute approximate surface area is 198 Å². The minimum Gasteiger partial charge on any atom is -0.489 e. The monoisotopic (exact) mass is 476 g/mol. The first-order valence-corrected chi connectivity index (χ1v) is 11.8. The SMILES string of the molecule is O=C1C=CC23OCOC2=CCOC3=C1CCCCN1CCN(c2cccc(Cl)c2Cl)CC1. The molecular formula is C24H26Cl2N2O4. The van der Waals surface area contributed by atoms with Gasteiger partial charge in [-0.05, 0) is 56.2 Å². The molecule has 1 aromatic carbocycles. The van der Waals surface area contributed by atoms with Crippen LogP contribution in [0.15, 0.2) is 53.5 Å². The third-order valence-corrected chi connectivity index (χ3v) is 7.35. The van der Waals surface area contributed by atoms with E-state index in [1.165, 1.54) is 0 Å². The maximum Gasteiger partial charge on any atom is 0.204 e. The van der Waals surface area contributed by atoms with Crippen molar-refractivity contribution in [3.63, 3.8) is 0 Å². The van der Waals surface area contributed by atoms with Crippen LogP contribution in [0.4, 0.5) is 5.69 Å². The number of carbonyl (C=O) groups excluding carboxylic acids is 1. The van der Waals surface area contributed by atoms with Crippen LogP contribution >= 0.6 is 23.2 Å². The van der Waals surface area contributed by atoms with Gasteiger partial charge in [0, 0.05) is 31.8 Å². The highest BCUT2D eigenvalue weighted by atomic mass is 35.5. The van der Waals surface area contributed by atoms with Crippen LogP contribution in [0.3, 0.4) is 0 Å². The second-order valence-electron chi connectivity index (χ2n) is 8.39. The Morgan fingerprint density at radius 2 is 1.91 bits per heavy atom.